The van der Waals surface area contributed by atoms with Gasteiger partial charge in [-0.1, -0.05) is 0 Å². The molecule has 0 aliphatic carbocycles. The number of halogens is 1. The van der Waals surface area contributed by atoms with Crippen LogP contribution in [0.1, 0.15) is 13.8 Å². The van der Waals surface area contributed by atoms with Crippen LogP contribution in [0.5, 0.6) is 0 Å². The van der Waals surface area contributed by atoms with Gasteiger partial charge in [0, 0.05) is 5.88 Å². The topological polar surface area (TPSA) is 35.5 Å². The summed E-state index contributed by atoms with van der Waals surface area (Å²) in [6.45, 7) is 4.16. The molecule has 0 radical (unpaired) electrons. The molecule has 0 spiro atoms. The van der Waals surface area contributed by atoms with Crippen LogP contribution >= 0.6 is 11.6 Å². The van der Waals surface area contributed by atoms with E-state index in [1.807, 2.05) is 0 Å². The molecule has 1 unspecified atom stereocenters. The van der Waals surface area contributed by atoms with Crippen LogP contribution in [-0.2, 0) is 14.3 Å². The van der Waals surface area contributed by atoms with Crippen molar-refractivity contribution < 1.29 is 14.3 Å². The lowest BCUT2D eigenvalue weighted by Gasteiger charge is -2.09. The van der Waals surface area contributed by atoms with E-state index >= 15 is 0 Å². The molecule has 0 rings (SSSR count). The zero-order valence-electron chi connectivity index (χ0n) is 6.80. The zero-order valence-corrected chi connectivity index (χ0v) is 7.56. The highest BCUT2D eigenvalue weighted by Gasteiger charge is 2.12. The molecule has 0 saturated heterocycles. The predicted molar refractivity (Wildman–Crippen MR) is 42.8 cm³/mol. The van der Waals surface area contributed by atoms with Gasteiger partial charge in [0.15, 0.2) is 6.10 Å². The molecule has 0 fully saturated rings. The number of carbonyl (C=O) groups excluding carboxylic acids is 1. The molecule has 66 valence electrons. The van der Waals surface area contributed by atoms with E-state index in [9.17, 15) is 4.79 Å². The normalized spacial score (nSPS) is 12.6. The predicted octanol–water partition coefficient (Wildman–Crippen LogP) is 1.19. The first-order chi connectivity index (χ1) is 5.22. The smallest absolute Gasteiger partial charge is 0.334 e. The van der Waals surface area contributed by atoms with Crippen LogP contribution in [0, 0.1) is 0 Å². The lowest BCUT2D eigenvalue weighted by Crippen LogP contribution is -2.24. The summed E-state index contributed by atoms with van der Waals surface area (Å²) < 4.78 is 9.69. The van der Waals surface area contributed by atoms with Crippen LogP contribution in [0.4, 0.5) is 0 Å². The largest absolute Gasteiger partial charge is 0.464 e. The molecular weight excluding hydrogens is 168 g/mol. The van der Waals surface area contributed by atoms with Gasteiger partial charge >= 0.3 is 5.97 Å². The maximum absolute atomic E-state index is 10.9. The minimum atomic E-state index is -0.506. The number of esters is 1. The lowest BCUT2D eigenvalue weighted by atomic mass is 10.4. The standard InChI is InChI=1S/C7H13ClO3/c1-3-10-7(9)6(2)11-5-4-8/h6H,3-5H2,1-2H3. The van der Waals surface area contributed by atoms with Gasteiger partial charge in [0.1, 0.15) is 0 Å². The number of hydrogen-bond acceptors (Lipinski definition) is 3. The van der Waals surface area contributed by atoms with Crippen LogP contribution in [0.25, 0.3) is 0 Å². The third-order valence-corrected chi connectivity index (χ3v) is 1.22. The molecule has 4 heteroatoms. The SMILES string of the molecule is CCOC(=O)C(C)OCCCl. The highest BCUT2D eigenvalue weighted by Crippen LogP contribution is 1.94. The van der Waals surface area contributed by atoms with Gasteiger partial charge in [-0.15, -0.1) is 11.6 Å². The molecule has 3 nitrogen and oxygen atoms in total. The second-order valence-corrected chi connectivity index (χ2v) is 2.33. The highest BCUT2D eigenvalue weighted by molar-refractivity contribution is 6.17. The van der Waals surface area contributed by atoms with Crippen molar-refractivity contribution in [2.45, 2.75) is 20.0 Å². The first-order valence-electron chi connectivity index (χ1n) is 3.56. The summed E-state index contributed by atoms with van der Waals surface area (Å²) >= 11 is 5.35. The summed E-state index contributed by atoms with van der Waals surface area (Å²) in [5.41, 5.74) is 0. The van der Waals surface area contributed by atoms with Crippen molar-refractivity contribution in [1.29, 1.82) is 0 Å². The molecule has 0 aromatic rings. The van der Waals surface area contributed by atoms with Crippen molar-refractivity contribution >= 4 is 17.6 Å². The van der Waals surface area contributed by atoms with Gasteiger partial charge in [-0.3, -0.25) is 0 Å². The van der Waals surface area contributed by atoms with Gasteiger partial charge < -0.3 is 9.47 Å². The third-order valence-electron chi connectivity index (χ3n) is 1.06. The molecule has 0 heterocycles. The lowest BCUT2D eigenvalue weighted by molar-refractivity contribution is -0.155. The number of hydrogen-bond donors (Lipinski definition) is 0. The highest BCUT2D eigenvalue weighted by atomic mass is 35.5. The Balaban J connectivity index is 3.46. The van der Waals surface area contributed by atoms with Crippen molar-refractivity contribution in [2.24, 2.45) is 0 Å². The van der Waals surface area contributed by atoms with E-state index in [4.69, 9.17) is 21.1 Å². The molecule has 11 heavy (non-hydrogen) atoms. The molecule has 0 aromatic carbocycles. The van der Waals surface area contributed by atoms with Gasteiger partial charge in [-0.2, -0.15) is 0 Å². The Morgan fingerprint density at radius 3 is 2.73 bits per heavy atom. The first kappa shape index (κ1) is 10.7. The molecule has 1 atom stereocenters. The minimum Gasteiger partial charge on any atom is -0.464 e. The average molecular weight is 181 g/mol. The van der Waals surface area contributed by atoms with E-state index in [0.717, 1.165) is 0 Å². The molecule has 0 aromatic heterocycles. The Morgan fingerprint density at radius 2 is 2.27 bits per heavy atom. The fraction of sp³-hybridized carbons (Fsp3) is 0.857. The summed E-state index contributed by atoms with van der Waals surface area (Å²) in [6.07, 6.45) is -0.506. The summed E-state index contributed by atoms with van der Waals surface area (Å²) in [5, 5.41) is 0. The van der Waals surface area contributed by atoms with Gasteiger partial charge in [0.05, 0.1) is 13.2 Å². The van der Waals surface area contributed by atoms with Crippen LogP contribution in [0.3, 0.4) is 0 Å². The molecule has 0 saturated carbocycles. The van der Waals surface area contributed by atoms with E-state index in [-0.39, 0.29) is 5.97 Å². The number of ether oxygens (including phenoxy) is 2. The second-order valence-electron chi connectivity index (χ2n) is 1.95. The van der Waals surface area contributed by atoms with Crippen LogP contribution < -0.4 is 0 Å². The second kappa shape index (κ2) is 6.43. The van der Waals surface area contributed by atoms with Crippen LogP contribution in [0.15, 0.2) is 0 Å². The molecule has 0 aliphatic rings. The van der Waals surface area contributed by atoms with Crippen molar-refractivity contribution in [3.63, 3.8) is 0 Å². The van der Waals surface area contributed by atoms with Crippen LogP contribution in [0.2, 0.25) is 0 Å². The fourth-order valence-electron chi connectivity index (χ4n) is 0.549. The Hall–Kier alpha value is -0.280. The summed E-state index contributed by atoms with van der Waals surface area (Å²) in [5.74, 6) is 0.0571. The van der Waals surface area contributed by atoms with Gasteiger partial charge in [0.25, 0.3) is 0 Å². The van der Waals surface area contributed by atoms with Crippen molar-refractivity contribution in [3.05, 3.63) is 0 Å². The summed E-state index contributed by atoms with van der Waals surface area (Å²) in [7, 11) is 0. The third kappa shape index (κ3) is 5.04. The quantitative estimate of drug-likeness (QED) is 0.471. The number of carbonyl (C=O) groups is 1. The maximum atomic E-state index is 10.9. The van der Waals surface area contributed by atoms with E-state index in [1.54, 1.807) is 13.8 Å². The average Bonchev–Trinajstić information content (AvgIpc) is 2.00. The van der Waals surface area contributed by atoms with Gasteiger partial charge in [-0.05, 0) is 13.8 Å². The number of rotatable bonds is 5. The first-order valence-corrected chi connectivity index (χ1v) is 4.10. The molecule has 0 aliphatic heterocycles. The van der Waals surface area contributed by atoms with E-state index in [2.05, 4.69) is 0 Å². The molecular formula is C7H13ClO3. The van der Waals surface area contributed by atoms with Gasteiger partial charge in [0.2, 0.25) is 0 Å². The number of alkyl halides is 1. The summed E-state index contributed by atoms with van der Waals surface area (Å²) in [6, 6.07) is 0. The molecule has 0 N–H and O–H groups in total. The minimum absolute atomic E-state index is 0.336. The van der Waals surface area contributed by atoms with Crippen LogP contribution in [-0.4, -0.2) is 31.2 Å². The summed E-state index contributed by atoms with van der Waals surface area (Å²) in [4.78, 5) is 10.9. The zero-order chi connectivity index (χ0) is 8.69. The van der Waals surface area contributed by atoms with Crippen molar-refractivity contribution in [1.82, 2.24) is 0 Å². The van der Waals surface area contributed by atoms with Crippen molar-refractivity contribution in [2.75, 3.05) is 19.1 Å². The Labute approximate surface area is 71.6 Å². The van der Waals surface area contributed by atoms with Gasteiger partial charge in [-0.25, -0.2) is 4.79 Å². The fourth-order valence-corrected chi connectivity index (χ4v) is 0.638. The van der Waals surface area contributed by atoms with E-state index < -0.39 is 6.10 Å². The Bertz CT molecular complexity index is 116. The van der Waals surface area contributed by atoms with E-state index in [1.165, 1.54) is 0 Å². The van der Waals surface area contributed by atoms with Crippen molar-refractivity contribution in [3.8, 4) is 0 Å². The van der Waals surface area contributed by atoms with E-state index in [0.29, 0.717) is 19.1 Å². The maximum Gasteiger partial charge on any atom is 0.334 e. The molecule has 0 bridgehead atoms. The molecule has 0 amide bonds. The monoisotopic (exact) mass is 180 g/mol. The Morgan fingerprint density at radius 1 is 1.64 bits per heavy atom. The Kier molecular flexibility index (Phi) is 6.27.